The lowest BCUT2D eigenvalue weighted by Gasteiger charge is -2.19. The zero-order valence-electron chi connectivity index (χ0n) is 10.5. The van der Waals surface area contributed by atoms with Crippen molar-refractivity contribution in [2.75, 3.05) is 44.6 Å². The Hall–Kier alpha value is -1.33. The van der Waals surface area contributed by atoms with Gasteiger partial charge in [-0.15, -0.1) is 0 Å². The SMILES string of the molecule is COCCNC(=S)Nc1ccccc1N(C)C. The van der Waals surface area contributed by atoms with E-state index in [-0.39, 0.29) is 0 Å². The molecule has 0 saturated carbocycles. The summed E-state index contributed by atoms with van der Waals surface area (Å²) in [6.07, 6.45) is 0. The third kappa shape index (κ3) is 4.58. The normalized spacial score (nSPS) is 9.82. The molecular formula is C12H19N3OS. The summed E-state index contributed by atoms with van der Waals surface area (Å²) in [5.74, 6) is 0. The average molecular weight is 253 g/mol. The monoisotopic (exact) mass is 253 g/mol. The zero-order valence-corrected chi connectivity index (χ0v) is 11.3. The highest BCUT2D eigenvalue weighted by Gasteiger charge is 2.04. The van der Waals surface area contributed by atoms with E-state index in [1.165, 1.54) is 0 Å². The summed E-state index contributed by atoms with van der Waals surface area (Å²) in [7, 11) is 5.67. The predicted octanol–water partition coefficient (Wildman–Crippen LogP) is 1.69. The van der Waals surface area contributed by atoms with Crippen LogP contribution in [0.5, 0.6) is 0 Å². The molecule has 0 aromatic heterocycles. The second-order valence-electron chi connectivity index (χ2n) is 3.79. The van der Waals surface area contributed by atoms with Crippen molar-refractivity contribution in [1.29, 1.82) is 0 Å². The van der Waals surface area contributed by atoms with E-state index in [9.17, 15) is 0 Å². The fourth-order valence-corrected chi connectivity index (χ4v) is 1.61. The highest BCUT2D eigenvalue weighted by Crippen LogP contribution is 2.23. The molecule has 1 aromatic carbocycles. The van der Waals surface area contributed by atoms with Crippen LogP contribution < -0.4 is 15.5 Å². The van der Waals surface area contributed by atoms with Gasteiger partial charge in [-0.1, -0.05) is 12.1 Å². The average Bonchev–Trinajstić information content (AvgIpc) is 2.29. The molecule has 1 aromatic rings. The molecule has 0 amide bonds. The summed E-state index contributed by atoms with van der Waals surface area (Å²) in [4.78, 5) is 2.04. The number of rotatable bonds is 5. The van der Waals surface area contributed by atoms with E-state index in [0.29, 0.717) is 18.3 Å². The van der Waals surface area contributed by atoms with Crippen molar-refractivity contribution < 1.29 is 4.74 Å². The van der Waals surface area contributed by atoms with Crippen molar-refractivity contribution in [3.8, 4) is 0 Å². The Kier molecular flexibility index (Phi) is 5.72. The number of benzene rings is 1. The van der Waals surface area contributed by atoms with Crippen molar-refractivity contribution in [3.05, 3.63) is 24.3 Å². The minimum absolute atomic E-state index is 0.608. The first kappa shape index (κ1) is 13.7. The van der Waals surface area contributed by atoms with Gasteiger partial charge in [0, 0.05) is 27.7 Å². The highest BCUT2D eigenvalue weighted by molar-refractivity contribution is 7.80. The number of methoxy groups -OCH3 is 1. The van der Waals surface area contributed by atoms with E-state index in [2.05, 4.69) is 10.6 Å². The van der Waals surface area contributed by atoms with Crippen LogP contribution in [0, 0.1) is 0 Å². The minimum atomic E-state index is 0.608. The summed E-state index contributed by atoms with van der Waals surface area (Å²) in [6, 6.07) is 8.02. The van der Waals surface area contributed by atoms with Crippen LogP contribution in [0.1, 0.15) is 0 Å². The molecule has 0 unspecified atom stereocenters. The number of ether oxygens (including phenoxy) is 1. The largest absolute Gasteiger partial charge is 0.383 e. The van der Waals surface area contributed by atoms with Gasteiger partial charge in [0.25, 0.3) is 0 Å². The lowest BCUT2D eigenvalue weighted by Crippen LogP contribution is -2.31. The van der Waals surface area contributed by atoms with Crippen LogP contribution in [0.2, 0.25) is 0 Å². The van der Waals surface area contributed by atoms with Crippen LogP contribution in [-0.4, -0.2) is 39.5 Å². The molecule has 5 heteroatoms. The van der Waals surface area contributed by atoms with E-state index in [4.69, 9.17) is 17.0 Å². The molecular weight excluding hydrogens is 234 g/mol. The minimum Gasteiger partial charge on any atom is -0.383 e. The molecule has 2 N–H and O–H groups in total. The first-order valence-corrected chi connectivity index (χ1v) is 5.86. The van der Waals surface area contributed by atoms with E-state index in [1.807, 2.05) is 43.3 Å². The molecule has 1 rings (SSSR count). The topological polar surface area (TPSA) is 36.5 Å². The van der Waals surface area contributed by atoms with Crippen molar-refractivity contribution in [1.82, 2.24) is 5.32 Å². The van der Waals surface area contributed by atoms with Gasteiger partial charge in [0.1, 0.15) is 0 Å². The number of nitrogens with one attached hydrogen (secondary N) is 2. The Morgan fingerprint density at radius 3 is 2.71 bits per heavy atom. The van der Waals surface area contributed by atoms with Crippen LogP contribution in [0.4, 0.5) is 11.4 Å². The molecule has 0 fully saturated rings. The van der Waals surface area contributed by atoms with Gasteiger partial charge in [0.05, 0.1) is 18.0 Å². The Balaban J connectivity index is 2.58. The summed E-state index contributed by atoms with van der Waals surface area (Å²) in [5.41, 5.74) is 2.09. The maximum atomic E-state index is 5.20. The van der Waals surface area contributed by atoms with Gasteiger partial charge in [-0.05, 0) is 24.4 Å². The van der Waals surface area contributed by atoms with Gasteiger partial charge in [0.2, 0.25) is 0 Å². The van der Waals surface area contributed by atoms with Crippen LogP contribution >= 0.6 is 12.2 Å². The Morgan fingerprint density at radius 2 is 2.06 bits per heavy atom. The van der Waals surface area contributed by atoms with E-state index < -0.39 is 0 Å². The molecule has 0 spiro atoms. The first-order valence-electron chi connectivity index (χ1n) is 5.45. The molecule has 0 aliphatic rings. The standard InChI is InChI=1S/C12H19N3OS/c1-15(2)11-7-5-4-6-10(11)14-12(17)13-8-9-16-3/h4-7H,8-9H2,1-3H3,(H2,13,14,17). The summed E-state index contributed by atoms with van der Waals surface area (Å²) < 4.78 is 4.95. The lowest BCUT2D eigenvalue weighted by atomic mass is 10.2. The summed E-state index contributed by atoms with van der Waals surface area (Å²) >= 11 is 5.20. The third-order valence-corrected chi connectivity index (χ3v) is 2.47. The Labute approximate surface area is 108 Å². The maximum absolute atomic E-state index is 5.20. The van der Waals surface area contributed by atoms with Crippen molar-refractivity contribution in [2.24, 2.45) is 0 Å². The smallest absolute Gasteiger partial charge is 0.170 e. The van der Waals surface area contributed by atoms with E-state index in [0.717, 1.165) is 11.4 Å². The van der Waals surface area contributed by atoms with Gasteiger partial charge in [0.15, 0.2) is 5.11 Å². The second kappa shape index (κ2) is 7.09. The van der Waals surface area contributed by atoms with E-state index >= 15 is 0 Å². The summed E-state index contributed by atoms with van der Waals surface area (Å²) in [6.45, 7) is 1.34. The van der Waals surface area contributed by atoms with Crippen molar-refractivity contribution in [3.63, 3.8) is 0 Å². The lowest BCUT2D eigenvalue weighted by molar-refractivity contribution is 0.204. The first-order chi connectivity index (χ1) is 8.15. The molecule has 0 aliphatic heterocycles. The van der Waals surface area contributed by atoms with Gasteiger partial charge in [-0.25, -0.2) is 0 Å². The second-order valence-corrected chi connectivity index (χ2v) is 4.19. The molecule has 17 heavy (non-hydrogen) atoms. The van der Waals surface area contributed by atoms with Gasteiger partial charge in [-0.2, -0.15) is 0 Å². The Morgan fingerprint density at radius 1 is 1.35 bits per heavy atom. The van der Waals surface area contributed by atoms with Crippen LogP contribution in [0.25, 0.3) is 0 Å². The molecule has 0 radical (unpaired) electrons. The molecule has 0 atom stereocenters. The Bertz CT molecular complexity index is 369. The molecule has 0 saturated heterocycles. The molecule has 94 valence electrons. The van der Waals surface area contributed by atoms with Gasteiger partial charge in [-0.3, -0.25) is 0 Å². The zero-order chi connectivity index (χ0) is 12.7. The van der Waals surface area contributed by atoms with Crippen molar-refractivity contribution in [2.45, 2.75) is 0 Å². The third-order valence-electron chi connectivity index (χ3n) is 2.23. The van der Waals surface area contributed by atoms with Crippen LogP contribution in [-0.2, 0) is 4.74 Å². The van der Waals surface area contributed by atoms with Crippen molar-refractivity contribution >= 4 is 28.7 Å². The highest BCUT2D eigenvalue weighted by atomic mass is 32.1. The maximum Gasteiger partial charge on any atom is 0.170 e. The number of para-hydroxylation sites is 2. The van der Waals surface area contributed by atoms with Crippen LogP contribution in [0.15, 0.2) is 24.3 Å². The quantitative estimate of drug-likeness (QED) is 0.617. The molecule has 4 nitrogen and oxygen atoms in total. The van der Waals surface area contributed by atoms with Gasteiger partial charge < -0.3 is 20.3 Å². The molecule has 0 aliphatic carbocycles. The number of nitrogens with zero attached hydrogens (tertiary/aromatic N) is 1. The fourth-order valence-electron chi connectivity index (χ4n) is 1.40. The number of hydrogen-bond donors (Lipinski definition) is 2. The number of anilines is 2. The summed E-state index contributed by atoms with van der Waals surface area (Å²) in [5, 5.41) is 6.86. The number of hydrogen-bond acceptors (Lipinski definition) is 3. The molecule has 0 heterocycles. The fraction of sp³-hybridized carbons (Fsp3) is 0.417. The predicted molar refractivity (Wildman–Crippen MR) is 76.9 cm³/mol. The van der Waals surface area contributed by atoms with E-state index in [1.54, 1.807) is 7.11 Å². The van der Waals surface area contributed by atoms with Crippen LogP contribution in [0.3, 0.4) is 0 Å². The molecule has 0 bridgehead atoms. The van der Waals surface area contributed by atoms with Gasteiger partial charge >= 0.3 is 0 Å². The number of thiocarbonyl (C=S) groups is 1.